The molecule has 2 aliphatic carbocycles. The maximum absolute atomic E-state index is 13.8. The van der Waals surface area contributed by atoms with E-state index in [2.05, 4.69) is 31.6 Å². The molecule has 7 heteroatoms. The van der Waals surface area contributed by atoms with Gasteiger partial charge in [-0.15, -0.1) is 0 Å². The molecule has 35 heavy (non-hydrogen) atoms. The van der Waals surface area contributed by atoms with Gasteiger partial charge in [0.2, 0.25) is 15.9 Å². The predicted octanol–water partition coefficient (Wildman–Crippen LogP) is 4.29. The van der Waals surface area contributed by atoms with E-state index in [9.17, 15) is 18.3 Å². The number of phenolic OH excluding ortho intramolecular Hbond substituents is 1. The molecule has 1 heterocycles. The van der Waals surface area contributed by atoms with Crippen molar-refractivity contribution in [3.63, 3.8) is 0 Å². The number of aromatic hydroxyl groups is 1. The maximum Gasteiger partial charge on any atom is 0.241 e. The number of fused-ring (bicyclic) bond motifs is 4. The van der Waals surface area contributed by atoms with E-state index >= 15 is 0 Å². The van der Waals surface area contributed by atoms with Gasteiger partial charge in [-0.1, -0.05) is 51.1 Å². The third-order valence-electron chi connectivity index (χ3n) is 9.40. The first kappa shape index (κ1) is 24.3. The Balaban J connectivity index is 1.34. The summed E-state index contributed by atoms with van der Waals surface area (Å²) in [6.45, 7) is 9.25. The van der Waals surface area contributed by atoms with E-state index in [1.165, 1.54) is 5.56 Å². The van der Waals surface area contributed by atoms with Crippen LogP contribution in [0.1, 0.15) is 63.1 Å². The van der Waals surface area contributed by atoms with Crippen molar-refractivity contribution in [2.24, 2.45) is 11.3 Å². The number of rotatable bonds is 4. The molecule has 2 bridgehead atoms. The number of hydrogen-bond acceptors (Lipinski definition) is 4. The van der Waals surface area contributed by atoms with Crippen molar-refractivity contribution in [2.75, 3.05) is 6.54 Å². The minimum absolute atomic E-state index is 0.00254. The van der Waals surface area contributed by atoms with Crippen LogP contribution in [0.3, 0.4) is 0 Å². The van der Waals surface area contributed by atoms with Gasteiger partial charge in [0.05, 0.1) is 4.90 Å². The van der Waals surface area contributed by atoms with Gasteiger partial charge in [0.1, 0.15) is 5.75 Å². The topological polar surface area (TPSA) is 86.7 Å². The molecular weight excluding hydrogens is 460 g/mol. The van der Waals surface area contributed by atoms with Crippen LogP contribution >= 0.6 is 0 Å². The third-order valence-corrected chi connectivity index (χ3v) is 11.1. The van der Waals surface area contributed by atoms with Crippen LogP contribution < -0.4 is 4.72 Å². The largest absolute Gasteiger partial charge is 0.508 e. The van der Waals surface area contributed by atoms with E-state index in [1.807, 2.05) is 17.0 Å². The van der Waals surface area contributed by atoms with E-state index in [0.717, 1.165) is 12.0 Å². The number of sulfonamides is 1. The summed E-state index contributed by atoms with van der Waals surface area (Å²) in [4.78, 5) is 16.2. The summed E-state index contributed by atoms with van der Waals surface area (Å²) in [5.74, 6) is 0.252. The van der Waals surface area contributed by atoms with Crippen LogP contribution in [0.15, 0.2) is 47.4 Å². The minimum atomic E-state index is -3.63. The Bertz CT molecular complexity index is 1270. The molecule has 2 aromatic carbocycles. The van der Waals surface area contributed by atoms with E-state index in [4.69, 9.17) is 0 Å². The molecule has 188 valence electrons. The van der Waals surface area contributed by atoms with Gasteiger partial charge >= 0.3 is 0 Å². The molecule has 2 fully saturated rings. The zero-order chi connectivity index (χ0) is 25.2. The van der Waals surface area contributed by atoms with E-state index in [-0.39, 0.29) is 34.7 Å². The number of carbonyl (C=O) groups is 1. The minimum Gasteiger partial charge on any atom is -0.508 e. The summed E-state index contributed by atoms with van der Waals surface area (Å²) in [7, 11) is -3.63. The predicted molar refractivity (Wildman–Crippen MR) is 136 cm³/mol. The van der Waals surface area contributed by atoms with Crippen LogP contribution in [-0.2, 0) is 26.7 Å². The van der Waals surface area contributed by atoms with Crippen LogP contribution in [-0.4, -0.2) is 43.0 Å². The summed E-state index contributed by atoms with van der Waals surface area (Å²) < 4.78 is 28.8. The van der Waals surface area contributed by atoms with Crippen molar-refractivity contribution < 1.29 is 18.3 Å². The fraction of sp³-hybridized carbons (Fsp3) is 0.536. The molecule has 6 nitrogen and oxygen atoms in total. The molecule has 1 aliphatic heterocycles. The first-order valence-corrected chi connectivity index (χ1v) is 14.1. The van der Waals surface area contributed by atoms with E-state index < -0.39 is 10.0 Å². The lowest BCUT2D eigenvalue weighted by Crippen LogP contribution is -2.65. The summed E-state index contributed by atoms with van der Waals surface area (Å²) in [5.41, 5.74) is 2.61. The highest BCUT2D eigenvalue weighted by Crippen LogP contribution is 2.57. The first-order chi connectivity index (χ1) is 16.5. The number of hydrogen-bond donors (Lipinski definition) is 2. The van der Waals surface area contributed by atoms with Crippen LogP contribution in [0.25, 0.3) is 0 Å². The molecule has 0 aromatic heterocycles. The molecule has 0 spiro atoms. The standard InChI is InChI=1S/C28H36N2O4S/c1-18-8-5-6-11-24(18)35(33,34)29-20-13-12-19(16-20)26(32)30-15-14-28(4)22-9-7-10-23(31)21(22)17-25(30)27(28,2)3/h5-11,19-20,25,29,31H,12-17H2,1-4H3/t19-,20-,25-,28+/m1/s1. The highest BCUT2D eigenvalue weighted by atomic mass is 32.2. The highest BCUT2D eigenvalue weighted by molar-refractivity contribution is 7.89. The lowest BCUT2D eigenvalue weighted by molar-refractivity contribution is -0.148. The van der Waals surface area contributed by atoms with Crippen molar-refractivity contribution in [1.82, 2.24) is 9.62 Å². The fourth-order valence-electron chi connectivity index (χ4n) is 6.88. The molecule has 3 aliphatic rings. The second kappa shape index (κ2) is 8.34. The number of carbonyl (C=O) groups excluding carboxylic acids is 1. The molecule has 1 saturated heterocycles. The number of benzene rings is 2. The molecule has 1 amide bonds. The molecule has 0 unspecified atom stereocenters. The van der Waals surface area contributed by atoms with Crippen LogP contribution in [0.2, 0.25) is 0 Å². The molecule has 4 atom stereocenters. The lowest BCUT2D eigenvalue weighted by Gasteiger charge is -2.61. The lowest BCUT2D eigenvalue weighted by atomic mass is 9.51. The molecular formula is C28H36N2O4S. The summed E-state index contributed by atoms with van der Waals surface area (Å²) in [6, 6.07) is 12.5. The van der Waals surface area contributed by atoms with Gasteiger partial charge in [-0.25, -0.2) is 13.1 Å². The van der Waals surface area contributed by atoms with Crippen LogP contribution in [0, 0.1) is 18.3 Å². The Morgan fingerprint density at radius 3 is 2.57 bits per heavy atom. The van der Waals surface area contributed by atoms with Gasteiger partial charge in [-0.2, -0.15) is 0 Å². The SMILES string of the molecule is Cc1ccccc1S(=O)(=O)N[C@@H]1CC[C@@H](C(=O)N2CC[C@@]3(C)c4cccc(O)c4C[C@@H]2C3(C)C)C1. The zero-order valence-electron chi connectivity index (χ0n) is 21.0. The second-order valence-electron chi connectivity index (χ2n) is 11.5. The fourth-order valence-corrected chi connectivity index (χ4v) is 8.41. The number of nitrogens with zero attached hydrogens (tertiary/aromatic N) is 1. The van der Waals surface area contributed by atoms with Crippen molar-refractivity contribution in [3.05, 3.63) is 59.2 Å². The Hall–Kier alpha value is -2.38. The maximum atomic E-state index is 13.8. The average Bonchev–Trinajstić information content (AvgIpc) is 3.24. The molecule has 2 aromatic rings. The van der Waals surface area contributed by atoms with Crippen molar-refractivity contribution in [1.29, 1.82) is 0 Å². The van der Waals surface area contributed by atoms with Crippen LogP contribution in [0.4, 0.5) is 0 Å². The normalized spacial score (nSPS) is 29.6. The van der Waals surface area contributed by atoms with Gasteiger partial charge in [-0.3, -0.25) is 4.79 Å². The summed E-state index contributed by atoms with van der Waals surface area (Å²) in [6.07, 6.45) is 3.35. The average molecular weight is 497 g/mol. The zero-order valence-corrected chi connectivity index (χ0v) is 21.9. The number of aryl methyl sites for hydroxylation is 1. The molecule has 0 radical (unpaired) electrons. The van der Waals surface area contributed by atoms with Gasteiger partial charge in [0.15, 0.2) is 0 Å². The Kier molecular flexibility index (Phi) is 5.80. The number of phenols is 1. The Morgan fingerprint density at radius 2 is 1.83 bits per heavy atom. The quantitative estimate of drug-likeness (QED) is 0.661. The number of likely N-dealkylation sites (tertiary alicyclic amines) is 1. The second-order valence-corrected chi connectivity index (χ2v) is 13.1. The first-order valence-electron chi connectivity index (χ1n) is 12.7. The van der Waals surface area contributed by atoms with Crippen LogP contribution in [0.5, 0.6) is 5.75 Å². The summed E-state index contributed by atoms with van der Waals surface area (Å²) >= 11 is 0. The Morgan fingerprint density at radius 1 is 1.09 bits per heavy atom. The smallest absolute Gasteiger partial charge is 0.241 e. The van der Waals surface area contributed by atoms with Gasteiger partial charge in [0.25, 0.3) is 0 Å². The van der Waals surface area contributed by atoms with Gasteiger partial charge < -0.3 is 10.0 Å². The van der Waals surface area contributed by atoms with Crippen molar-refractivity contribution in [2.45, 2.75) is 82.2 Å². The number of amides is 1. The van der Waals surface area contributed by atoms with E-state index in [0.29, 0.717) is 48.4 Å². The van der Waals surface area contributed by atoms with Crippen molar-refractivity contribution in [3.8, 4) is 5.75 Å². The van der Waals surface area contributed by atoms with E-state index in [1.54, 1.807) is 31.2 Å². The number of nitrogens with one attached hydrogen (secondary N) is 1. The third kappa shape index (κ3) is 3.78. The highest BCUT2D eigenvalue weighted by Gasteiger charge is 2.57. The molecule has 2 N–H and O–H groups in total. The summed E-state index contributed by atoms with van der Waals surface area (Å²) in [5, 5.41) is 10.6. The number of piperidine rings is 1. The van der Waals surface area contributed by atoms with Crippen molar-refractivity contribution >= 4 is 15.9 Å². The monoisotopic (exact) mass is 496 g/mol. The van der Waals surface area contributed by atoms with Gasteiger partial charge in [0, 0.05) is 30.0 Å². The van der Waals surface area contributed by atoms with Gasteiger partial charge in [-0.05, 0) is 73.3 Å². The Labute approximate surface area is 208 Å². The molecule has 5 rings (SSSR count). The molecule has 1 saturated carbocycles.